The number of aromatic nitrogens is 3. The van der Waals surface area contributed by atoms with E-state index < -0.39 is 0 Å². The van der Waals surface area contributed by atoms with Gasteiger partial charge in [0.05, 0.1) is 6.04 Å². The first-order valence-corrected chi connectivity index (χ1v) is 5.86. The maximum absolute atomic E-state index is 5.70. The van der Waals surface area contributed by atoms with E-state index in [4.69, 9.17) is 5.73 Å². The van der Waals surface area contributed by atoms with Crippen molar-refractivity contribution in [1.29, 1.82) is 0 Å². The number of hydrogen-bond acceptors (Lipinski definition) is 3. The molecule has 0 amide bonds. The van der Waals surface area contributed by atoms with Gasteiger partial charge in [0, 0.05) is 10.9 Å². The van der Waals surface area contributed by atoms with E-state index >= 15 is 0 Å². The van der Waals surface area contributed by atoms with E-state index in [0.29, 0.717) is 5.82 Å². The normalized spacial score (nSPS) is 12.7. The lowest BCUT2D eigenvalue weighted by atomic mass is 10.1. The Bertz CT molecular complexity index is 478. The fourth-order valence-electron chi connectivity index (χ4n) is 1.41. The van der Waals surface area contributed by atoms with Gasteiger partial charge in [-0.3, -0.25) is 5.10 Å². The summed E-state index contributed by atoms with van der Waals surface area (Å²) >= 11 is 3.50. The van der Waals surface area contributed by atoms with E-state index in [9.17, 15) is 0 Å². The summed E-state index contributed by atoms with van der Waals surface area (Å²) in [6.45, 7) is 1.87. The van der Waals surface area contributed by atoms with Gasteiger partial charge in [0.25, 0.3) is 0 Å². The van der Waals surface area contributed by atoms with E-state index in [2.05, 4.69) is 37.2 Å². The SMILES string of the molecule is CC(N)c1n[nH]c(Cc2ccccc2Br)n1. The van der Waals surface area contributed by atoms with Crippen LogP contribution >= 0.6 is 15.9 Å². The van der Waals surface area contributed by atoms with Crippen molar-refractivity contribution in [2.45, 2.75) is 19.4 Å². The van der Waals surface area contributed by atoms with Crippen molar-refractivity contribution in [3.8, 4) is 0 Å². The first-order valence-electron chi connectivity index (χ1n) is 5.07. The van der Waals surface area contributed by atoms with Crippen molar-refractivity contribution in [2.24, 2.45) is 5.73 Å². The fourth-order valence-corrected chi connectivity index (χ4v) is 1.84. The Morgan fingerprint density at radius 2 is 2.19 bits per heavy atom. The van der Waals surface area contributed by atoms with Crippen LogP contribution in [-0.4, -0.2) is 15.2 Å². The summed E-state index contributed by atoms with van der Waals surface area (Å²) in [5, 5.41) is 6.97. The molecule has 1 aromatic heterocycles. The molecule has 5 heteroatoms. The van der Waals surface area contributed by atoms with E-state index in [1.165, 1.54) is 5.56 Å². The minimum Gasteiger partial charge on any atom is -0.321 e. The molecule has 2 aromatic rings. The van der Waals surface area contributed by atoms with E-state index in [-0.39, 0.29) is 6.04 Å². The van der Waals surface area contributed by atoms with E-state index in [1.54, 1.807) is 0 Å². The summed E-state index contributed by atoms with van der Waals surface area (Å²) in [6, 6.07) is 7.92. The van der Waals surface area contributed by atoms with Crippen LogP contribution in [0.1, 0.15) is 30.2 Å². The molecule has 2 rings (SSSR count). The highest BCUT2D eigenvalue weighted by Gasteiger charge is 2.08. The molecule has 1 atom stereocenters. The van der Waals surface area contributed by atoms with Crippen molar-refractivity contribution in [3.05, 3.63) is 46.0 Å². The van der Waals surface area contributed by atoms with Crippen molar-refractivity contribution >= 4 is 15.9 Å². The van der Waals surface area contributed by atoms with E-state index in [0.717, 1.165) is 16.7 Å². The Morgan fingerprint density at radius 1 is 1.44 bits per heavy atom. The van der Waals surface area contributed by atoms with Gasteiger partial charge in [0.2, 0.25) is 0 Å². The second-order valence-corrected chi connectivity index (χ2v) is 4.55. The van der Waals surface area contributed by atoms with Crippen molar-refractivity contribution < 1.29 is 0 Å². The zero-order valence-electron chi connectivity index (χ0n) is 8.94. The van der Waals surface area contributed by atoms with Crippen LogP contribution in [0.15, 0.2) is 28.7 Å². The topological polar surface area (TPSA) is 67.6 Å². The van der Waals surface area contributed by atoms with Crippen LogP contribution in [0.25, 0.3) is 0 Å². The lowest BCUT2D eigenvalue weighted by molar-refractivity contribution is 0.744. The average molecular weight is 281 g/mol. The Hall–Kier alpha value is -1.20. The van der Waals surface area contributed by atoms with Crippen molar-refractivity contribution in [1.82, 2.24) is 15.2 Å². The smallest absolute Gasteiger partial charge is 0.167 e. The highest BCUT2D eigenvalue weighted by molar-refractivity contribution is 9.10. The molecule has 0 aliphatic heterocycles. The molecule has 4 nitrogen and oxygen atoms in total. The van der Waals surface area contributed by atoms with Crippen LogP contribution in [0.2, 0.25) is 0 Å². The minimum absolute atomic E-state index is 0.135. The number of rotatable bonds is 3. The Labute approximate surface area is 102 Å². The number of nitrogens with two attached hydrogens (primary N) is 1. The molecule has 0 spiro atoms. The van der Waals surface area contributed by atoms with Crippen LogP contribution in [-0.2, 0) is 6.42 Å². The predicted molar refractivity (Wildman–Crippen MR) is 65.9 cm³/mol. The van der Waals surface area contributed by atoms with Gasteiger partial charge in [-0.15, -0.1) is 0 Å². The van der Waals surface area contributed by atoms with Gasteiger partial charge in [-0.2, -0.15) is 5.10 Å². The summed E-state index contributed by atoms with van der Waals surface area (Å²) in [5.74, 6) is 1.49. The average Bonchev–Trinajstić information content (AvgIpc) is 2.70. The van der Waals surface area contributed by atoms with Crippen LogP contribution in [0.4, 0.5) is 0 Å². The second kappa shape index (κ2) is 4.76. The molecule has 0 aliphatic rings. The lowest BCUT2D eigenvalue weighted by Gasteiger charge is -2.00. The third-order valence-electron chi connectivity index (χ3n) is 2.27. The molecule has 16 heavy (non-hydrogen) atoms. The number of nitrogens with zero attached hydrogens (tertiary/aromatic N) is 2. The number of aromatic amines is 1. The maximum atomic E-state index is 5.70. The first kappa shape index (κ1) is 11.3. The fraction of sp³-hybridized carbons (Fsp3) is 0.273. The molecule has 1 heterocycles. The van der Waals surface area contributed by atoms with Crippen LogP contribution in [0.3, 0.4) is 0 Å². The molecule has 0 fully saturated rings. The maximum Gasteiger partial charge on any atom is 0.167 e. The Balaban J connectivity index is 2.18. The molecular weight excluding hydrogens is 268 g/mol. The standard InChI is InChI=1S/C11H13BrN4/c1-7(13)11-14-10(15-16-11)6-8-4-2-3-5-9(8)12/h2-5,7H,6,13H2,1H3,(H,14,15,16). The van der Waals surface area contributed by atoms with Crippen LogP contribution < -0.4 is 5.73 Å². The third kappa shape index (κ3) is 2.48. The van der Waals surface area contributed by atoms with Gasteiger partial charge >= 0.3 is 0 Å². The number of H-pyrrole nitrogens is 1. The number of benzene rings is 1. The van der Waals surface area contributed by atoms with Crippen LogP contribution in [0, 0.1) is 0 Å². The molecule has 3 N–H and O–H groups in total. The molecule has 0 radical (unpaired) electrons. The van der Waals surface area contributed by atoms with Gasteiger partial charge in [-0.25, -0.2) is 4.98 Å². The molecule has 0 bridgehead atoms. The number of nitrogens with one attached hydrogen (secondary N) is 1. The summed E-state index contributed by atoms with van der Waals surface area (Å²) in [4.78, 5) is 4.33. The summed E-state index contributed by atoms with van der Waals surface area (Å²) in [6.07, 6.45) is 0.723. The van der Waals surface area contributed by atoms with E-state index in [1.807, 2.05) is 25.1 Å². The quantitative estimate of drug-likeness (QED) is 0.906. The molecule has 0 saturated carbocycles. The molecular formula is C11H13BrN4. The third-order valence-corrected chi connectivity index (χ3v) is 3.05. The Kier molecular flexibility index (Phi) is 3.36. The predicted octanol–water partition coefficient (Wildman–Crippen LogP) is 2.18. The zero-order chi connectivity index (χ0) is 11.5. The van der Waals surface area contributed by atoms with Gasteiger partial charge < -0.3 is 5.73 Å². The molecule has 1 aromatic carbocycles. The monoisotopic (exact) mass is 280 g/mol. The van der Waals surface area contributed by atoms with Crippen LogP contribution in [0.5, 0.6) is 0 Å². The largest absolute Gasteiger partial charge is 0.321 e. The van der Waals surface area contributed by atoms with Crippen molar-refractivity contribution in [3.63, 3.8) is 0 Å². The molecule has 1 unspecified atom stereocenters. The summed E-state index contributed by atoms with van der Waals surface area (Å²) < 4.78 is 1.08. The molecule has 0 saturated heterocycles. The molecule has 84 valence electrons. The summed E-state index contributed by atoms with van der Waals surface area (Å²) in [7, 11) is 0. The van der Waals surface area contributed by atoms with Gasteiger partial charge in [-0.05, 0) is 18.6 Å². The first-order chi connectivity index (χ1) is 7.66. The van der Waals surface area contributed by atoms with Gasteiger partial charge in [0.1, 0.15) is 5.82 Å². The van der Waals surface area contributed by atoms with Gasteiger partial charge in [0.15, 0.2) is 5.82 Å². The van der Waals surface area contributed by atoms with Gasteiger partial charge in [-0.1, -0.05) is 34.1 Å². The molecule has 0 aliphatic carbocycles. The van der Waals surface area contributed by atoms with Crippen molar-refractivity contribution in [2.75, 3.05) is 0 Å². The zero-order valence-corrected chi connectivity index (χ0v) is 10.5. The highest BCUT2D eigenvalue weighted by Crippen LogP contribution is 2.18. The second-order valence-electron chi connectivity index (χ2n) is 3.70. The number of halogens is 1. The Morgan fingerprint density at radius 3 is 2.81 bits per heavy atom. The minimum atomic E-state index is -0.135. The summed E-state index contributed by atoms with van der Waals surface area (Å²) in [5.41, 5.74) is 6.87. The number of hydrogen-bond donors (Lipinski definition) is 2. The lowest BCUT2D eigenvalue weighted by Crippen LogP contribution is -2.06. The highest BCUT2D eigenvalue weighted by atomic mass is 79.9.